The van der Waals surface area contributed by atoms with Crippen molar-refractivity contribution in [2.75, 3.05) is 0 Å². The Morgan fingerprint density at radius 1 is 1.29 bits per heavy atom. The van der Waals surface area contributed by atoms with Crippen molar-refractivity contribution in [3.63, 3.8) is 0 Å². The van der Waals surface area contributed by atoms with Crippen molar-refractivity contribution < 1.29 is 14.5 Å². The fourth-order valence-electron chi connectivity index (χ4n) is 1.65. The third-order valence-electron chi connectivity index (χ3n) is 2.64. The number of nitro groups is 1. The zero-order valence-corrected chi connectivity index (χ0v) is 10.6. The molecule has 0 fully saturated rings. The van der Waals surface area contributed by atoms with Gasteiger partial charge in [0, 0.05) is 17.7 Å². The van der Waals surface area contributed by atoms with Crippen LogP contribution in [0.4, 0.5) is 5.69 Å². The fraction of sp³-hybridized carbons (Fsp3) is 0. The molecule has 0 aliphatic heterocycles. The maximum atomic E-state index is 11.1. The molecule has 0 spiro atoms. The van der Waals surface area contributed by atoms with Crippen LogP contribution in [-0.2, 0) is 0 Å². The van der Waals surface area contributed by atoms with E-state index in [9.17, 15) is 14.9 Å². The summed E-state index contributed by atoms with van der Waals surface area (Å²) < 4.78 is 5.47. The van der Waals surface area contributed by atoms with Crippen molar-refractivity contribution >= 4 is 11.6 Å². The van der Waals surface area contributed by atoms with Gasteiger partial charge in [-0.3, -0.25) is 14.9 Å². The van der Waals surface area contributed by atoms with E-state index >= 15 is 0 Å². The molecule has 0 saturated carbocycles. The first-order chi connectivity index (χ1) is 10.0. The maximum absolute atomic E-state index is 11.1. The Hall–Kier alpha value is -3.40. The minimum absolute atomic E-state index is 0.0219. The summed E-state index contributed by atoms with van der Waals surface area (Å²) >= 11 is 0. The molecule has 1 amide bonds. The molecule has 2 rings (SSSR count). The van der Waals surface area contributed by atoms with Crippen molar-refractivity contribution in [1.82, 2.24) is 0 Å². The summed E-state index contributed by atoms with van der Waals surface area (Å²) in [6.45, 7) is 0. The lowest BCUT2D eigenvalue weighted by molar-refractivity contribution is -0.384. The highest BCUT2D eigenvalue weighted by Crippen LogP contribution is 2.28. The van der Waals surface area contributed by atoms with Crippen molar-refractivity contribution in [3.8, 4) is 17.6 Å². The molecule has 0 saturated heterocycles. The summed E-state index contributed by atoms with van der Waals surface area (Å²) in [7, 11) is 0. The van der Waals surface area contributed by atoms with Gasteiger partial charge < -0.3 is 10.5 Å². The van der Waals surface area contributed by atoms with Crippen LogP contribution in [0.1, 0.15) is 15.9 Å². The average molecular weight is 283 g/mol. The van der Waals surface area contributed by atoms with Gasteiger partial charge in [0.2, 0.25) is 5.91 Å². The number of nitrogens with zero attached hydrogens (tertiary/aromatic N) is 2. The van der Waals surface area contributed by atoms with Crippen LogP contribution in [0.15, 0.2) is 42.5 Å². The van der Waals surface area contributed by atoms with Crippen LogP contribution < -0.4 is 10.5 Å². The Kier molecular flexibility index (Phi) is 3.81. The quantitative estimate of drug-likeness (QED) is 0.682. The third kappa shape index (κ3) is 3.13. The summed E-state index contributed by atoms with van der Waals surface area (Å²) in [4.78, 5) is 21.2. The number of nitro benzene ring substituents is 1. The second-order valence-corrected chi connectivity index (χ2v) is 4.04. The second kappa shape index (κ2) is 5.71. The van der Waals surface area contributed by atoms with Crippen LogP contribution in [0.2, 0.25) is 0 Å². The van der Waals surface area contributed by atoms with E-state index in [-0.39, 0.29) is 22.6 Å². The molecule has 0 bridgehead atoms. The molecule has 0 aliphatic carbocycles. The standard InChI is InChI=1S/C14H9N3O4/c15-8-10-6-11(17(19)20)4-5-13(10)21-12-3-1-2-9(7-12)14(16)18/h1-7H,(H2,16,18). The predicted octanol–water partition coefficient (Wildman–Crippen LogP) is 2.36. The number of hydrogen-bond acceptors (Lipinski definition) is 5. The molecule has 0 heterocycles. The highest BCUT2D eigenvalue weighted by Gasteiger charge is 2.12. The molecule has 2 N–H and O–H groups in total. The molecule has 0 atom stereocenters. The van der Waals surface area contributed by atoms with E-state index in [0.29, 0.717) is 5.75 Å². The molecule has 104 valence electrons. The second-order valence-electron chi connectivity index (χ2n) is 4.04. The summed E-state index contributed by atoms with van der Waals surface area (Å²) in [6.07, 6.45) is 0. The lowest BCUT2D eigenvalue weighted by atomic mass is 10.2. The van der Waals surface area contributed by atoms with Crippen molar-refractivity contribution in [1.29, 1.82) is 5.26 Å². The maximum Gasteiger partial charge on any atom is 0.271 e. The number of nitriles is 1. The van der Waals surface area contributed by atoms with Gasteiger partial charge in [0.1, 0.15) is 23.1 Å². The highest BCUT2D eigenvalue weighted by atomic mass is 16.6. The Balaban J connectivity index is 2.36. The van der Waals surface area contributed by atoms with E-state index in [4.69, 9.17) is 15.7 Å². The fourth-order valence-corrected chi connectivity index (χ4v) is 1.65. The summed E-state index contributed by atoms with van der Waals surface area (Å²) in [5.41, 5.74) is 5.24. The van der Waals surface area contributed by atoms with Crippen LogP contribution in [0, 0.1) is 21.4 Å². The molecule has 7 heteroatoms. The zero-order chi connectivity index (χ0) is 15.4. The number of hydrogen-bond donors (Lipinski definition) is 1. The first kappa shape index (κ1) is 14.0. The SMILES string of the molecule is N#Cc1cc([N+](=O)[O-])ccc1Oc1cccc(C(N)=O)c1. The van der Waals surface area contributed by atoms with E-state index in [2.05, 4.69) is 0 Å². The van der Waals surface area contributed by atoms with Crippen molar-refractivity contribution in [2.45, 2.75) is 0 Å². The number of benzene rings is 2. The normalized spacial score (nSPS) is 9.67. The summed E-state index contributed by atoms with van der Waals surface area (Å²) in [5.74, 6) is -0.147. The largest absolute Gasteiger partial charge is 0.456 e. The van der Waals surface area contributed by atoms with Gasteiger partial charge in [-0.05, 0) is 24.3 Å². The first-order valence-electron chi connectivity index (χ1n) is 5.77. The smallest absolute Gasteiger partial charge is 0.271 e. The zero-order valence-electron chi connectivity index (χ0n) is 10.6. The number of ether oxygens (including phenoxy) is 1. The Bertz CT molecular complexity index is 765. The van der Waals surface area contributed by atoms with Crippen LogP contribution in [0.5, 0.6) is 11.5 Å². The molecular formula is C14H9N3O4. The van der Waals surface area contributed by atoms with E-state index < -0.39 is 10.8 Å². The number of carbonyl (C=O) groups excluding carboxylic acids is 1. The van der Waals surface area contributed by atoms with Gasteiger partial charge in [-0.1, -0.05) is 6.07 Å². The van der Waals surface area contributed by atoms with E-state index in [1.54, 1.807) is 12.1 Å². The molecule has 2 aromatic rings. The van der Waals surface area contributed by atoms with Gasteiger partial charge in [0.25, 0.3) is 5.69 Å². The number of nitrogens with two attached hydrogens (primary N) is 1. The predicted molar refractivity (Wildman–Crippen MR) is 72.8 cm³/mol. The third-order valence-corrected chi connectivity index (χ3v) is 2.64. The summed E-state index contributed by atoms with van der Waals surface area (Å²) in [6, 6.07) is 11.6. The average Bonchev–Trinajstić information content (AvgIpc) is 2.47. The molecule has 21 heavy (non-hydrogen) atoms. The Labute approximate surface area is 119 Å². The summed E-state index contributed by atoms with van der Waals surface area (Å²) in [5, 5.41) is 19.7. The van der Waals surface area contributed by atoms with Crippen LogP contribution in [-0.4, -0.2) is 10.8 Å². The van der Waals surface area contributed by atoms with E-state index in [1.807, 2.05) is 6.07 Å². The number of non-ortho nitro benzene ring substituents is 1. The van der Waals surface area contributed by atoms with Crippen molar-refractivity contribution in [2.24, 2.45) is 5.73 Å². The topological polar surface area (TPSA) is 119 Å². The van der Waals surface area contributed by atoms with Gasteiger partial charge in [-0.25, -0.2) is 0 Å². The molecule has 0 aliphatic rings. The van der Waals surface area contributed by atoms with Crippen LogP contribution in [0.3, 0.4) is 0 Å². The minimum atomic E-state index is -0.607. The molecule has 0 aromatic heterocycles. The number of rotatable bonds is 4. The molecule has 2 aromatic carbocycles. The Morgan fingerprint density at radius 3 is 2.67 bits per heavy atom. The first-order valence-corrected chi connectivity index (χ1v) is 5.77. The molecule has 0 unspecified atom stereocenters. The van der Waals surface area contributed by atoms with Gasteiger partial charge >= 0.3 is 0 Å². The number of primary amides is 1. The monoisotopic (exact) mass is 283 g/mol. The lowest BCUT2D eigenvalue weighted by Crippen LogP contribution is -2.10. The van der Waals surface area contributed by atoms with Gasteiger partial charge in [-0.15, -0.1) is 0 Å². The lowest BCUT2D eigenvalue weighted by Gasteiger charge is -2.08. The Morgan fingerprint density at radius 2 is 2.05 bits per heavy atom. The van der Waals surface area contributed by atoms with Gasteiger partial charge in [0.05, 0.1) is 4.92 Å². The highest BCUT2D eigenvalue weighted by molar-refractivity contribution is 5.93. The molecule has 0 radical (unpaired) electrons. The minimum Gasteiger partial charge on any atom is -0.456 e. The van der Waals surface area contributed by atoms with E-state index in [0.717, 1.165) is 6.07 Å². The molecule has 7 nitrogen and oxygen atoms in total. The van der Waals surface area contributed by atoms with Crippen LogP contribution >= 0.6 is 0 Å². The van der Waals surface area contributed by atoms with E-state index in [1.165, 1.54) is 24.3 Å². The van der Waals surface area contributed by atoms with Crippen molar-refractivity contribution in [3.05, 3.63) is 63.7 Å². The molecular weight excluding hydrogens is 274 g/mol. The van der Waals surface area contributed by atoms with Crippen LogP contribution in [0.25, 0.3) is 0 Å². The van der Waals surface area contributed by atoms with Gasteiger partial charge in [-0.2, -0.15) is 5.26 Å². The van der Waals surface area contributed by atoms with Gasteiger partial charge in [0.15, 0.2) is 0 Å². The number of carbonyl (C=O) groups is 1. The number of amides is 1.